The minimum absolute atomic E-state index is 0.235. The van der Waals surface area contributed by atoms with Gasteiger partial charge in [-0.25, -0.2) is 13.8 Å². The third-order valence-electron chi connectivity index (χ3n) is 3.37. The van der Waals surface area contributed by atoms with Crippen molar-refractivity contribution in [3.05, 3.63) is 59.4 Å². The second-order valence-electron chi connectivity index (χ2n) is 4.86. The van der Waals surface area contributed by atoms with Crippen LogP contribution in [0.3, 0.4) is 0 Å². The Morgan fingerprint density at radius 3 is 2.71 bits per heavy atom. The fourth-order valence-electron chi connectivity index (χ4n) is 2.43. The van der Waals surface area contributed by atoms with Crippen LogP contribution in [0, 0.1) is 18.6 Å². The van der Waals surface area contributed by atoms with E-state index in [0.717, 1.165) is 5.56 Å². The number of aromatic nitrogens is 2. The average molecular weight is 307 g/mol. The Balaban J connectivity index is 2.36. The lowest BCUT2D eigenvalue weighted by Crippen LogP contribution is -2.04. The van der Waals surface area contributed by atoms with E-state index in [1.54, 1.807) is 28.8 Å². The molecular formula is C16H13ClF2N2. The number of hydrogen-bond acceptors (Lipinski definition) is 1. The van der Waals surface area contributed by atoms with E-state index in [4.69, 9.17) is 11.6 Å². The Bertz CT molecular complexity index is 811. The lowest BCUT2D eigenvalue weighted by Gasteiger charge is -2.10. The summed E-state index contributed by atoms with van der Waals surface area (Å²) in [5.41, 5.74) is 2.06. The van der Waals surface area contributed by atoms with Gasteiger partial charge >= 0.3 is 0 Å². The third-order valence-corrected chi connectivity index (χ3v) is 3.55. The van der Waals surface area contributed by atoms with Crippen molar-refractivity contribution in [2.75, 3.05) is 5.88 Å². The van der Waals surface area contributed by atoms with Crippen LogP contribution in [0.2, 0.25) is 0 Å². The summed E-state index contributed by atoms with van der Waals surface area (Å²) in [4.78, 5) is 4.29. The Hall–Kier alpha value is -1.94. The standard InChI is InChI=1S/C16H13ClF2N2/c1-10-5-6-11(18)14(9-10)21-13-4-2-3-12(19)16(13)20-15(21)7-8-17/h2-6,9H,7-8H2,1H3. The lowest BCUT2D eigenvalue weighted by molar-refractivity contribution is 0.616. The topological polar surface area (TPSA) is 17.8 Å². The molecule has 1 aromatic heterocycles. The van der Waals surface area contributed by atoms with Crippen molar-refractivity contribution < 1.29 is 8.78 Å². The highest BCUT2D eigenvalue weighted by atomic mass is 35.5. The first-order valence-electron chi connectivity index (χ1n) is 6.60. The fourth-order valence-corrected chi connectivity index (χ4v) is 2.60. The van der Waals surface area contributed by atoms with Gasteiger partial charge in [-0.1, -0.05) is 12.1 Å². The van der Waals surface area contributed by atoms with E-state index >= 15 is 0 Å². The van der Waals surface area contributed by atoms with E-state index in [9.17, 15) is 8.78 Å². The number of para-hydroxylation sites is 1. The molecule has 0 aliphatic carbocycles. The summed E-state index contributed by atoms with van der Waals surface area (Å²) in [6, 6.07) is 9.48. The van der Waals surface area contributed by atoms with Crippen LogP contribution in [0.5, 0.6) is 0 Å². The summed E-state index contributed by atoms with van der Waals surface area (Å²) in [7, 11) is 0. The van der Waals surface area contributed by atoms with Crippen LogP contribution in [0.15, 0.2) is 36.4 Å². The summed E-state index contributed by atoms with van der Waals surface area (Å²) in [6.07, 6.45) is 0.434. The molecule has 5 heteroatoms. The molecule has 108 valence electrons. The molecule has 0 saturated heterocycles. The first-order chi connectivity index (χ1) is 10.1. The molecule has 21 heavy (non-hydrogen) atoms. The van der Waals surface area contributed by atoms with Gasteiger partial charge in [-0.15, -0.1) is 11.6 Å². The maximum Gasteiger partial charge on any atom is 0.151 e. The minimum Gasteiger partial charge on any atom is -0.293 e. The number of halogens is 3. The summed E-state index contributed by atoms with van der Waals surface area (Å²) >= 11 is 5.79. The van der Waals surface area contributed by atoms with Gasteiger partial charge in [0.15, 0.2) is 5.82 Å². The predicted octanol–water partition coefficient (Wildman–Crippen LogP) is 4.39. The van der Waals surface area contributed by atoms with Crippen LogP contribution in [0.1, 0.15) is 11.4 Å². The minimum atomic E-state index is -0.421. The number of rotatable bonds is 3. The van der Waals surface area contributed by atoms with Gasteiger partial charge in [0.2, 0.25) is 0 Å². The maximum atomic E-state index is 14.2. The zero-order chi connectivity index (χ0) is 15.0. The Morgan fingerprint density at radius 1 is 1.14 bits per heavy atom. The van der Waals surface area contributed by atoms with E-state index in [1.807, 2.05) is 6.92 Å². The molecular weight excluding hydrogens is 294 g/mol. The van der Waals surface area contributed by atoms with Crippen LogP contribution in [0.4, 0.5) is 8.78 Å². The van der Waals surface area contributed by atoms with Crippen molar-refractivity contribution in [3.8, 4) is 5.69 Å². The highest BCUT2D eigenvalue weighted by Crippen LogP contribution is 2.26. The quantitative estimate of drug-likeness (QED) is 0.656. The van der Waals surface area contributed by atoms with E-state index in [2.05, 4.69) is 4.98 Å². The summed E-state index contributed by atoms with van der Waals surface area (Å²) in [6.45, 7) is 1.88. The summed E-state index contributed by atoms with van der Waals surface area (Å²) < 4.78 is 29.8. The van der Waals surface area contributed by atoms with E-state index in [-0.39, 0.29) is 11.3 Å². The first-order valence-corrected chi connectivity index (χ1v) is 7.13. The number of benzene rings is 2. The van der Waals surface area contributed by atoms with E-state index in [1.165, 1.54) is 12.1 Å². The molecule has 0 N–H and O–H groups in total. The van der Waals surface area contributed by atoms with Gasteiger partial charge < -0.3 is 0 Å². The molecule has 1 heterocycles. The molecule has 0 radical (unpaired) electrons. The van der Waals surface area contributed by atoms with Crippen LogP contribution >= 0.6 is 11.6 Å². The van der Waals surface area contributed by atoms with Crippen molar-refractivity contribution in [2.24, 2.45) is 0 Å². The van der Waals surface area contributed by atoms with Crippen molar-refractivity contribution in [1.82, 2.24) is 9.55 Å². The van der Waals surface area contributed by atoms with Crippen molar-refractivity contribution in [1.29, 1.82) is 0 Å². The highest BCUT2D eigenvalue weighted by molar-refractivity contribution is 6.17. The summed E-state index contributed by atoms with van der Waals surface area (Å²) in [5, 5.41) is 0. The molecule has 2 aromatic carbocycles. The van der Waals surface area contributed by atoms with Gasteiger partial charge in [-0.3, -0.25) is 4.57 Å². The third kappa shape index (κ3) is 2.40. The monoisotopic (exact) mass is 306 g/mol. The molecule has 0 aliphatic heterocycles. The number of hydrogen-bond donors (Lipinski definition) is 0. The number of alkyl halides is 1. The van der Waals surface area contributed by atoms with Gasteiger partial charge in [0.05, 0.1) is 11.2 Å². The Morgan fingerprint density at radius 2 is 1.95 bits per heavy atom. The second-order valence-corrected chi connectivity index (χ2v) is 5.24. The molecule has 0 atom stereocenters. The van der Waals surface area contributed by atoms with Crippen LogP contribution in [-0.2, 0) is 6.42 Å². The molecule has 0 unspecified atom stereocenters. The number of nitrogens with zero attached hydrogens (tertiary/aromatic N) is 2. The first kappa shape index (κ1) is 14.0. The van der Waals surface area contributed by atoms with Gasteiger partial charge in [0.1, 0.15) is 17.2 Å². The Labute approximate surface area is 126 Å². The SMILES string of the molecule is Cc1ccc(F)c(-n2c(CCCl)nc3c(F)cccc32)c1. The molecule has 0 fully saturated rings. The van der Waals surface area contributed by atoms with Crippen LogP contribution in [0.25, 0.3) is 16.7 Å². The zero-order valence-corrected chi connectivity index (χ0v) is 12.2. The van der Waals surface area contributed by atoms with Crippen LogP contribution in [-0.4, -0.2) is 15.4 Å². The average Bonchev–Trinajstić information content (AvgIpc) is 2.82. The summed E-state index contributed by atoms with van der Waals surface area (Å²) in [5.74, 6) is 0.0861. The number of aryl methyl sites for hydroxylation is 2. The number of fused-ring (bicyclic) bond motifs is 1. The van der Waals surface area contributed by atoms with Crippen molar-refractivity contribution in [2.45, 2.75) is 13.3 Å². The molecule has 0 spiro atoms. The smallest absolute Gasteiger partial charge is 0.151 e. The molecule has 3 rings (SSSR count). The zero-order valence-electron chi connectivity index (χ0n) is 11.4. The molecule has 0 saturated carbocycles. The van der Waals surface area contributed by atoms with Gasteiger partial charge in [0, 0.05) is 12.3 Å². The molecule has 0 amide bonds. The van der Waals surface area contributed by atoms with Crippen molar-refractivity contribution in [3.63, 3.8) is 0 Å². The van der Waals surface area contributed by atoms with Crippen molar-refractivity contribution >= 4 is 22.6 Å². The maximum absolute atomic E-state index is 14.2. The molecule has 0 bridgehead atoms. The Kier molecular flexibility index (Phi) is 3.64. The lowest BCUT2D eigenvalue weighted by atomic mass is 10.2. The van der Waals surface area contributed by atoms with Gasteiger partial charge in [-0.2, -0.15) is 0 Å². The fraction of sp³-hybridized carbons (Fsp3) is 0.188. The predicted molar refractivity (Wildman–Crippen MR) is 80.1 cm³/mol. The molecule has 3 aromatic rings. The van der Waals surface area contributed by atoms with E-state index < -0.39 is 5.82 Å². The highest BCUT2D eigenvalue weighted by Gasteiger charge is 2.17. The second kappa shape index (κ2) is 5.45. The molecule has 0 aliphatic rings. The number of imidazole rings is 1. The van der Waals surface area contributed by atoms with Gasteiger partial charge in [0.25, 0.3) is 0 Å². The van der Waals surface area contributed by atoms with Gasteiger partial charge in [-0.05, 0) is 36.8 Å². The van der Waals surface area contributed by atoms with E-state index in [0.29, 0.717) is 29.3 Å². The van der Waals surface area contributed by atoms with Crippen LogP contribution < -0.4 is 0 Å². The normalized spacial score (nSPS) is 11.2. The molecule has 2 nitrogen and oxygen atoms in total. The largest absolute Gasteiger partial charge is 0.293 e.